The Morgan fingerprint density at radius 2 is 1.82 bits per heavy atom. The number of hydrogen-bond acceptors (Lipinski definition) is 4. The van der Waals surface area contributed by atoms with E-state index in [9.17, 15) is 13.2 Å². The van der Waals surface area contributed by atoms with Crippen LogP contribution in [0.1, 0.15) is 32.3 Å². The van der Waals surface area contributed by atoms with E-state index in [1.165, 1.54) is 11.2 Å². The summed E-state index contributed by atoms with van der Waals surface area (Å²) >= 11 is 0. The maximum absolute atomic E-state index is 13.3. The van der Waals surface area contributed by atoms with Crippen LogP contribution >= 0.6 is 0 Å². The van der Waals surface area contributed by atoms with E-state index in [0.717, 1.165) is 5.56 Å². The van der Waals surface area contributed by atoms with E-state index in [1.807, 2.05) is 37.3 Å². The minimum absolute atomic E-state index is 0.273. The van der Waals surface area contributed by atoms with Gasteiger partial charge in [0.25, 0.3) is 0 Å². The smallest absolute Gasteiger partial charge is 0.246 e. The van der Waals surface area contributed by atoms with E-state index in [4.69, 9.17) is 4.74 Å². The third kappa shape index (κ3) is 4.05. The predicted octanol–water partition coefficient (Wildman–Crippen LogP) is 3.41. The van der Waals surface area contributed by atoms with E-state index in [-0.39, 0.29) is 6.54 Å². The Labute approximate surface area is 166 Å². The van der Waals surface area contributed by atoms with E-state index in [1.54, 1.807) is 24.3 Å². The Morgan fingerprint density at radius 3 is 2.46 bits per heavy atom. The summed E-state index contributed by atoms with van der Waals surface area (Å²) in [5, 5.41) is 2.76. The van der Waals surface area contributed by atoms with Gasteiger partial charge < -0.3 is 10.1 Å². The van der Waals surface area contributed by atoms with E-state index in [2.05, 4.69) is 5.32 Å². The predicted molar refractivity (Wildman–Crippen MR) is 110 cm³/mol. The first-order chi connectivity index (χ1) is 13.4. The summed E-state index contributed by atoms with van der Waals surface area (Å²) in [6.07, 6.45) is 0.933. The average molecular weight is 403 g/mol. The molecule has 7 heteroatoms. The van der Waals surface area contributed by atoms with Crippen molar-refractivity contribution in [3.05, 3.63) is 60.2 Å². The van der Waals surface area contributed by atoms with Crippen LogP contribution in [0.5, 0.6) is 5.75 Å². The highest BCUT2D eigenvalue weighted by atomic mass is 32.2. The third-order valence-corrected chi connectivity index (χ3v) is 7.60. The molecule has 0 spiro atoms. The molecule has 1 atom stereocenters. The Morgan fingerprint density at radius 1 is 1.14 bits per heavy atom. The molecule has 1 aliphatic heterocycles. The van der Waals surface area contributed by atoms with Gasteiger partial charge in [-0.25, -0.2) is 8.42 Å². The molecule has 0 aliphatic carbocycles. The van der Waals surface area contributed by atoms with E-state index < -0.39 is 20.7 Å². The highest BCUT2D eigenvalue weighted by Gasteiger charge is 2.51. The summed E-state index contributed by atoms with van der Waals surface area (Å²) in [6.45, 7) is 4.66. The summed E-state index contributed by atoms with van der Waals surface area (Å²) in [6, 6.07) is 16.4. The first-order valence-corrected chi connectivity index (χ1v) is 10.9. The molecule has 0 radical (unpaired) electrons. The average Bonchev–Trinajstić information content (AvgIpc) is 2.68. The number of carbonyl (C=O) groups excluding carboxylic acids is 1. The topological polar surface area (TPSA) is 75.7 Å². The lowest BCUT2D eigenvalue weighted by Crippen LogP contribution is -2.56. The summed E-state index contributed by atoms with van der Waals surface area (Å²) < 4.78 is 31.8. The van der Waals surface area contributed by atoms with Gasteiger partial charge in [0.15, 0.2) is 4.75 Å². The zero-order valence-corrected chi connectivity index (χ0v) is 17.0. The largest absolute Gasteiger partial charge is 0.494 e. The number of ether oxygens (including phenoxy) is 1. The lowest BCUT2D eigenvalue weighted by Gasteiger charge is -2.38. The number of carbonyl (C=O) groups is 1. The molecule has 0 bridgehead atoms. The Kier molecular flexibility index (Phi) is 6.05. The van der Waals surface area contributed by atoms with Crippen molar-refractivity contribution in [3.63, 3.8) is 0 Å². The molecule has 1 N–H and O–H groups in total. The van der Waals surface area contributed by atoms with Crippen LogP contribution in [0.2, 0.25) is 0 Å². The minimum Gasteiger partial charge on any atom is -0.494 e. The molecule has 6 nitrogen and oxygen atoms in total. The molecular weight excluding hydrogens is 376 g/mol. The van der Waals surface area contributed by atoms with Crippen LogP contribution < -0.4 is 10.1 Å². The number of anilines is 1. The molecule has 1 amide bonds. The van der Waals surface area contributed by atoms with Gasteiger partial charge in [-0.05, 0) is 56.5 Å². The van der Waals surface area contributed by atoms with Gasteiger partial charge in [0, 0.05) is 18.8 Å². The molecule has 28 heavy (non-hydrogen) atoms. The maximum atomic E-state index is 13.3. The second-order valence-electron chi connectivity index (χ2n) is 7.07. The first kappa shape index (κ1) is 20.4. The Hall–Kier alpha value is -2.38. The number of hydrogen-bond donors (Lipinski definition) is 1. The van der Waals surface area contributed by atoms with Crippen LogP contribution in [-0.2, 0) is 21.4 Å². The monoisotopic (exact) mass is 402 g/mol. The van der Waals surface area contributed by atoms with Gasteiger partial charge in [-0.3, -0.25) is 4.79 Å². The molecule has 150 valence electrons. The molecule has 2 aromatic carbocycles. The molecule has 3 rings (SSSR count). The first-order valence-electron chi connectivity index (χ1n) is 9.45. The third-order valence-electron chi connectivity index (χ3n) is 5.08. The number of amides is 1. The number of nitrogens with one attached hydrogen (secondary N) is 1. The van der Waals surface area contributed by atoms with Crippen LogP contribution in [0.25, 0.3) is 0 Å². The van der Waals surface area contributed by atoms with Gasteiger partial charge in [-0.1, -0.05) is 30.3 Å². The van der Waals surface area contributed by atoms with Crippen LogP contribution in [0, 0.1) is 0 Å². The van der Waals surface area contributed by atoms with Crippen molar-refractivity contribution in [1.82, 2.24) is 4.31 Å². The van der Waals surface area contributed by atoms with Gasteiger partial charge in [-0.15, -0.1) is 0 Å². The van der Waals surface area contributed by atoms with E-state index in [0.29, 0.717) is 37.4 Å². The van der Waals surface area contributed by atoms with Crippen LogP contribution in [-0.4, -0.2) is 36.5 Å². The zero-order chi connectivity index (χ0) is 20.2. The molecule has 1 saturated heterocycles. The molecule has 0 saturated carbocycles. The van der Waals surface area contributed by atoms with Crippen LogP contribution in [0.3, 0.4) is 0 Å². The summed E-state index contributed by atoms with van der Waals surface area (Å²) in [7, 11) is -3.80. The van der Waals surface area contributed by atoms with Crippen molar-refractivity contribution in [1.29, 1.82) is 0 Å². The van der Waals surface area contributed by atoms with Crippen LogP contribution in [0.4, 0.5) is 5.69 Å². The van der Waals surface area contributed by atoms with Crippen molar-refractivity contribution in [2.45, 2.75) is 38.0 Å². The Bertz CT molecular complexity index is 913. The van der Waals surface area contributed by atoms with Crippen molar-refractivity contribution < 1.29 is 17.9 Å². The fourth-order valence-corrected chi connectivity index (χ4v) is 5.32. The number of sulfonamides is 1. The van der Waals surface area contributed by atoms with Gasteiger partial charge >= 0.3 is 0 Å². The molecule has 1 fully saturated rings. The second-order valence-corrected chi connectivity index (χ2v) is 9.44. The summed E-state index contributed by atoms with van der Waals surface area (Å²) in [5.74, 6) is 0.195. The second kappa shape index (κ2) is 8.32. The van der Waals surface area contributed by atoms with Gasteiger partial charge in [0.2, 0.25) is 15.9 Å². The van der Waals surface area contributed by atoms with Gasteiger partial charge in [0.05, 0.1) is 6.61 Å². The lowest BCUT2D eigenvalue weighted by molar-refractivity contribution is -0.118. The SMILES string of the molecule is CCOc1ccc(NC(=O)C2(C)CCCN(Cc3ccccc3)S2(=O)=O)cc1. The summed E-state index contributed by atoms with van der Waals surface area (Å²) in [4.78, 5) is 13.0. The number of nitrogens with zero attached hydrogens (tertiary/aromatic N) is 1. The van der Waals surface area contributed by atoms with Gasteiger partial charge in [-0.2, -0.15) is 4.31 Å². The molecule has 1 heterocycles. The fraction of sp³-hybridized carbons (Fsp3) is 0.381. The lowest BCUT2D eigenvalue weighted by atomic mass is 10.0. The molecule has 1 unspecified atom stereocenters. The molecule has 1 aliphatic rings. The maximum Gasteiger partial charge on any atom is 0.246 e. The van der Waals surface area contributed by atoms with Crippen LogP contribution in [0.15, 0.2) is 54.6 Å². The molecule has 2 aromatic rings. The fourth-order valence-electron chi connectivity index (χ4n) is 3.37. The van der Waals surface area contributed by atoms with Crippen molar-refractivity contribution in [2.24, 2.45) is 0 Å². The van der Waals surface area contributed by atoms with Crippen molar-refractivity contribution in [3.8, 4) is 5.75 Å². The normalized spacial score (nSPS) is 21.8. The quantitative estimate of drug-likeness (QED) is 0.803. The Balaban J connectivity index is 1.77. The number of benzene rings is 2. The molecule has 0 aromatic heterocycles. The van der Waals surface area contributed by atoms with Crippen molar-refractivity contribution >= 4 is 21.6 Å². The van der Waals surface area contributed by atoms with Gasteiger partial charge in [0.1, 0.15) is 5.75 Å². The highest BCUT2D eigenvalue weighted by Crippen LogP contribution is 2.34. The highest BCUT2D eigenvalue weighted by molar-refractivity contribution is 7.91. The minimum atomic E-state index is -3.80. The molecular formula is C21H26N2O4S. The number of rotatable bonds is 6. The standard InChI is InChI=1S/C21H26N2O4S/c1-3-27-19-12-10-18(11-13-19)22-20(24)21(2)14-7-15-23(28(21,25)26)16-17-8-5-4-6-9-17/h4-6,8-13H,3,7,14-16H2,1-2H3,(H,22,24). The zero-order valence-electron chi connectivity index (χ0n) is 16.2. The summed E-state index contributed by atoms with van der Waals surface area (Å²) in [5.41, 5.74) is 1.45. The van der Waals surface area contributed by atoms with Crippen molar-refractivity contribution in [2.75, 3.05) is 18.5 Å². The van der Waals surface area contributed by atoms with E-state index >= 15 is 0 Å².